The second-order valence-electron chi connectivity index (χ2n) is 19.7. The molecule has 2 nitrogen and oxygen atoms in total. The number of allylic oxidation sites excluding steroid dienone is 1. The van der Waals surface area contributed by atoms with Crippen molar-refractivity contribution in [1.82, 2.24) is 0 Å². The van der Waals surface area contributed by atoms with E-state index in [0.717, 1.165) is 60.7 Å². The van der Waals surface area contributed by atoms with Gasteiger partial charge in [0.25, 0.3) is 0 Å². The fourth-order valence-corrected chi connectivity index (χ4v) is 12.6. The minimum Gasteiger partial charge on any atom is -0.462 e. The summed E-state index contributed by atoms with van der Waals surface area (Å²) < 4.78 is 6.16. The monoisotopic (exact) mass is 709 g/mol. The molecule has 296 valence electrons. The van der Waals surface area contributed by atoms with Gasteiger partial charge in [0, 0.05) is 12.8 Å². The Hall–Kier alpha value is -0.790. The maximum absolute atomic E-state index is 12.9. The second-order valence-corrected chi connectivity index (χ2v) is 19.7. The molecule has 0 aromatic carbocycles. The van der Waals surface area contributed by atoms with Crippen molar-refractivity contribution in [2.75, 3.05) is 0 Å². The molecule has 51 heavy (non-hydrogen) atoms. The molecular formula is C49H88O2. The van der Waals surface area contributed by atoms with Crippen LogP contribution in [0, 0.1) is 52.3 Å². The van der Waals surface area contributed by atoms with Crippen LogP contribution in [0.25, 0.3) is 0 Å². The molecule has 4 rings (SSSR count). The van der Waals surface area contributed by atoms with Crippen molar-refractivity contribution in [3.63, 3.8) is 0 Å². The van der Waals surface area contributed by atoms with Gasteiger partial charge in [0.2, 0.25) is 0 Å². The van der Waals surface area contributed by atoms with Gasteiger partial charge in [-0.15, -0.1) is 0 Å². The minimum absolute atomic E-state index is 0.0667. The van der Waals surface area contributed by atoms with Crippen LogP contribution in [0.3, 0.4) is 0 Å². The van der Waals surface area contributed by atoms with E-state index in [-0.39, 0.29) is 12.1 Å². The zero-order chi connectivity index (χ0) is 36.7. The summed E-state index contributed by atoms with van der Waals surface area (Å²) in [7, 11) is 0. The van der Waals surface area contributed by atoms with Crippen molar-refractivity contribution < 1.29 is 9.53 Å². The Morgan fingerprint density at radius 1 is 0.725 bits per heavy atom. The molecule has 0 bridgehead atoms. The Bertz CT molecular complexity index is 1010. The molecular weight excluding hydrogens is 621 g/mol. The van der Waals surface area contributed by atoms with Crippen molar-refractivity contribution in [1.29, 1.82) is 0 Å². The van der Waals surface area contributed by atoms with Gasteiger partial charge >= 0.3 is 5.97 Å². The number of rotatable bonds is 25. The SMILES string of the molecule is CCCCCCCCCCCCCCCCCCCC(=O)OC1CCC2(C)C(=CCC3C2CCC2(C)C(C(C)CCC(CC)C(C)C)CCC32)C1. The van der Waals surface area contributed by atoms with Crippen molar-refractivity contribution in [3.05, 3.63) is 11.6 Å². The fraction of sp³-hybridized carbons (Fsp3) is 0.939. The maximum atomic E-state index is 12.9. The van der Waals surface area contributed by atoms with Gasteiger partial charge in [-0.3, -0.25) is 4.79 Å². The molecule has 0 amide bonds. The van der Waals surface area contributed by atoms with E-state index < -0.39 is 0 Å². The summed E-state index contributed by atoms with van der Waals surface area (Å²) in [6, 6.07) is 0. The summed E-state index contributed by atoms with van der Waals surface area (Å²) in [5, 5.41) is 0. The number of hydrogen-bond donors (Lipinski definition) is 0. The van der Waals surface area contributed by atoms with Crippen molar-refractivity contribution >= 4 is 5.97 Å². The Labute approximate surface area is 319 Å². The first-order valence-electron chi connectivity index (χ1n) is 23.5. The summed E-state index contributed by atoms with van der Waals surface area (Å²) in [4.78, 5) is 12.9. The number of fused-ring (bicyclic) bond motifs is 5. The summed E-state index contributed by atoms with van der Waals surface area (Å²) >= 11 is 0. The van der Waals surface area contributed by atoms with Crippen LogP contribution < -0.4 is 0 Å². The van der Waals surface area contributed by atoms with Gasteiger partial charge in [-0.1, -0.05) is 176 Å². The van der Waals surface area contributed by atoms with Crippen LogP contribution in [0.4, 0.5) is 0 Å². The van der Waals surface area contributed by atoms with Crippen molar-refractivity contribution in [2.24, 2.45) is 52.3 Å². The van der Waals surface area contributed by atoms with Crippen LogP contribution in [0.2, 0.25) is 0 Å². The largest absolute Gasteiger partial charge is 0.462 e. The molecule has 0 saturated heterocycles. The van der Waals surface area contributed by atoms with Gasteiger partial charge in [0.05, 0.1) is 0 Å². The minimum atomic E-state index is 0.0667. The van der Waals surface area contributed by atoms with Crippen LogP contribution in [-0.4, -0.2) is 12.1 Å². The molecule has 9 atom stereocenters. The first kappa shape index (κ1) is 42.9. The van der Waals surface area contributed by atoms with Crippen LogP contribution in [0.5, 0.6) is 0 Å². The predicted molar refractivity (Wildman–Crippen MR) is 221 cm³/mol. The van der Waals surface area contributed by atoms with E-state index in [1.807, 2.05) is 0 Å². The van der Waals surface area contributed by atoms with E-state index in [2.05, 4.69) is 54.5 Å². The summed E-state index contributed by atoms with van der Waals surface area (Å²) in [5.41, 5.74) is 2.52. The Kier molecular flexibility index (Phi) is 18.5. The first-order chi connectivity index (χ1) is 24.6. The topological polar surface area (TPSA) is 26.3 Å². The fourth-order valence-electron chi connectivity index (χ4n) is 12.6. The van der Waals surface area contributed by atoms with E-state index in [1.165, 1.54) is 161 Å². The number of ether oxygens (including phenoxy) is 1. The van der Waals surface area contributed by atoms with E-state index in [4.69, 9.17) is 4.74 Å². The number of esters is 1. The number of carbonyl (C=O) groups excluding carboxylic acids is 1. The van der Waals surface area contributed by atoms with Gasteiger partial charge in [-0.2, -0.15) is 0 Å². The van der Waals surface area contributed by atoms with Gasteiger partial charge in [-0.25, -0.2) is 0 Å². The third kappa shape index (κ3) is 12.1. The molecule has 9 unspecified atom stereocenters. The Morgan fingerprint density at radius 3 is 1.88 bits per heavy atom. The van der Waals surface area contributed by atoms with Crippen LogP contribution in [0.15, 0.2) is 11.6 Å². The van der Waals surface area contributed by atoms with Crippen molar-refractivity contribution in [3.8, 4) is 0 Å². The lowest BCUT2D eigenvalue weighted by molar-refractivity contribution is -0.151. The zero-order valence-electron chi connectivity index (χ0n) is 35.5. The average Bonchev–Trinajstić information content (AvgIpc) is 3.47. The van der Waals surface area contributed by atoms with Crippen molar-refractivity contribution in [2.45, 2.75) is 241 Å². The van der Waals surface area contributed by atoms with Crippen LogP contribution in [0.1, 0.15) is 235 Å². The number of hydrogen-bond acceptors (Lipinski definition) is 2. The molecule has 0 radical (unpaired) electrons. The van der Waals surface area contributed by atoms with Gasteiger partial charge in [0.15, 0.2) is 0 Å². The first-order valence-corrected chi connectivity index (χ1v) is 23.5. The van der Waals surface area contributed by atoms with E-state index in [9.17, 15) is 4.79 Å². The molecule has 2 heteroatoms. The van der Waals surface area contributed by atoms with Gasteiger partial charge < -0.3 is 4.74 Å². The van der Waals surface area contributed by atoms with E-state index >= 15 is 0 Å². The molecule has 4 aliphatic carbocycles. The lowest BCUT2D eigenvalue weighted by Gasteiger charge is -2.58. The molecule has 4 aliphatic rings. The summed E-state index contributed by atoms with van der Waals surface area (Å²) in [5.74, 6) is 6.18. The summed E-state index contributed by atoms with van der Waals surface area (Å²) in [6.07, 6.45) is 41.3. The molecule has 0 N–H and O–H groups in total. The third-order valence-corrected chi connectivity index (χ3v) is 16.1. The Morgan fingerprint density at radius 2 is 1.31 bits per heavy atom. The predicted octanol–water partition coefficient (Wildman–Crippen LogP) is 15.6. The normalized spacial score (nSPS) is 31.5. The zero-order valence-corrected chi connectivity index (χ0v) is 35.5. The van der Waals surface area contributed by atoms with E-state index in [0.29, 0.717) is 17.3 Å². The van der Waals surface area contributed by atoms with Crippen LogP contribution >= 0.6 is 0 Å². The molecule has 0 aliphatic heterocycles. The number of unbranched alkanes of at least 4 members (excludes halogenated alkanes) is 16. The number of carbonyl (C=O) groups is 1. The molecule has 0 heterocycles. The molecule has 0 spiro atoms. The highest BCUT2D eigenvalue weighted by atomic mass is 16.5. The molecule has 0 aromatic heterocycles. The lowest BCUT2D eigenvalue weighted by atomic mass is 9.47. The quantitative estimate of drug-likeness (QED) is 0.0536. The van der Waals surface area contributed by atoms with Crippen LogP contribution in [-0.2, 0) is 9.53 Å². The maximum Gasteiger partial charge on any atom is 0.306 e. The molecule has 0 aromatic rings. The van der Waals surface area contributed by atoms with Gasteiger partial charge in [0.1, 0.15) is 6.10 Å². The van der Waals surface area contributed by atoms with E-state index in [1.54, 1.807) is 5.57 Å². The van der Waals surface area contributed by atoms with Gasteiger partial charge in [-0.05, 0) is 110 Å². The lowest BCUT2D eigenvalue weighted by Crippen LogP contribution is -2.51. The Balaban J connectivity index is 1.08. The smallest absolute Gasteiger partial charge is 0.306 e. The highest BCUT2D eigenvalue weighted by Crippen LogP contribution is 2.67. The highest BCUT2D eigenvalue weighted by molar-refractivity contribution is 5.69. The second kappa shape index (κ2) is 21.9. The average molecular weight is 709 g/mol. The standard InChI is InChI=1S/C49H88O2/c1-8-10-11-12-13-14-15-16-17-18-19-20-21-22-23-24-25-26-47(50)51-42-33-35-48(6)41(37-42)29-30-43-45-32-31-44(49(45,7)36-34-46(43)48)39(5)27-28-40(9-2)38(3)4/h29,38-40,42-46H,8-28,30-37H2,1-7H3. The molecule has 3 fully saturated rings. The summed E-state index contributed by atoms with van der Waals surface area (Å²) in [6.45, 7) is 17.5. The highest BCUT2D eigenvalue weighted by Gasteiger charge is 2.59. The third-order valence-electron chi connectivity index (χ3n) is 16.1. The molecule has 3 saturated carbocycles.